The van der Waals surface area contributed by atoms with E-state index in [1.807, 2.05) is 0 Å². The molecular weight excluding hydrogens is 243 g/mol. The lowest BCUT2D eigenvalue weighted by Crippen LogP contribution is -2.02. The van der Waals surface area contributed by atoms with Crippen molar-refractivity contribution < 1.29 is 4.39 Å². The average molecular weight is 253 g/mol. The Bertz CT molecular complexity index is 559. The highest BCUT2D eigenvalue weighted by atomic mass is 35.5. The van der Waals surface area contributed by atoms with Gasteiger partial charge < -0.3 is 11.1 Å². The topological polar surface area (TPSA) is 63.8 Å². The van der Waals surface area contributed by atoms with Gasteiger partial charge in [0.05, 0.1) is 5.02 Å². The smallest absolute Gasteiger partial charge is 0.143 e. The van der Waals surface area contributed by atoms with Gasteiger partial charge in [0, 0.05) is 11.3 Å². The Labute approximate surface area is 103 Å². The third-order valence-corrected chi connectivity index (χ3v) is 2.61. The maximum Gasteiger partial charge on any atom is 0.143 e. The van der Waals surface area contributed by atoms with Crippen LogP contribution in [0.4, 0.5) is 21.7 Å². The highest BCUT2D eigenvalue weighted by molar-refractivity contribution is 6.30. The molecule has 0 saturated carbocycles. The molecule has 0 saturated heterocycles. The Morgan fingerprint density at radius 3 is 2.82 bits per heavy atom. The maximum absolute atomic E-state index is 13.2. The average Bonchev–Trinajstić information content (AvgIpc) is 2.30. The number of hydrogen-bond donors (Lipinski definition) is 2. The summed E-state index contributed by atoms with van der Waals surface area (Å²) in [5.74, 6) is 0.438. The molecule has 1 aromatic heterocycles. The number of nitrogen functional groups attached to an aromatic ring is 1. The summed E-state index contributed by atoms with van der Waals surface area (Å²) < 4.78 is 13.2. The largest absolute Gasteiger partial charge is 0.383 e. The first-order valence-electron chi connectivity index (χ1n) is 4.87. The van der Waals surface area contributed by atoms with Crippen LogP contribution in [-0.2, 0) is 0 Å². The summed E-state index contributed by atoms with van der Waals surface area (Å²) >= 11 is 5.59. The van der Waals surface area contributed by atoms with Crippen LogP contribution < -0.4 is 11.1 Å². The molecule has 0 aliphatic heterocycles. The summed E-state index contributed by atoms with van der Waals surface area (Å²) in [6, 6.07) is 4.42. The highest BCUT2D eigenvalue weighted by Crippen LogP contribution is 2.23. The summed E-state index contributed by atoms with van der Waals surface area (Å²) in [5.41, 5.74) is 6.90. The van der Waals surface area contributed by atoms with Crippen LogP contribution in [0.3, 0.4) is 0 Å². The molecule has 0 atom stereocenters. The van der Waals surface area contributed by atoms with E-state index in [9.17, 15) is 4.39 Å². The molecule has 6 heteroatoms. The van der Waals surface area contributed by atoms with Crippen molar-refractivity contribution in [2.24, 2.45) is 0 Å². The molecule has 0 amide bonds. The van der Waals surface area contributed by atoms with Crippen LogP contribution >= 0.6 is 11.6 Å². The van der Waals surface area contributed by atoms with Gasteiger partial charge in [-0.2, -0.15) is 0 Å². The Hall–Kier alpha value is -1.88. The molecule has 0 aliphatic rings. The van der Waals surface area contributed by atoms with Crippen LogP contribution in [0.15, 0.2) is 24.5 Å². The van der Waals surface area contributed by atoms with Crippen LogP contribution in [0, 0.1) is 12.7 Å². The molecule has 0 bridgehead atoms. The standard InChI is InChI=1S/C11H10ClFN4/c1-6-10(14)15-5-16-11(6)17-7-2-3-8(12)9(13)4-7/h2-5H,1H3,(H3,14,15,16,17). The second-order valence-electron chi connectivity index (χ2n) is 3.49. The van der Waals surface area contributed by atoms with Crippen molar-refractivity contribution in [2.75, 3.05) is 11.1 Å². The van der Waals surface area contributed by atoms with Crippen LogP contribution in [0.25, 0.3) is 0 Å². The third-order valence-electron chi connectivity index (χ3n) is 2.31. The molecule has 88 valence electrons. The lowest BCUT2D eigenvalue weighted by atomic mass is 10.2. The van der Waals surface area contributed by atoms with Crippen molar-refractivity contribution in [3.63, 3.8) is 0 Å². The van der Waals surface area contributed by atoms with Crippen LogP contribution in [0.2, 0.25) is 5.02 Å². The van der Waals surface area contributed by atoms with Gasteiger partial charge in [0.25, 0.3) is 0 Å². The molecule has 0 unspecified atom stereocenters. The van der Waals surface area contributed by atoms with Gasteiger partial charge in [-0.1, -0.05) is 11.6 Å². The van der Waals surface area contributed by atoms with Crippen molar-refractivity contribution >= 4 is 28.9 Å². The van der Waals surface area contributed by atoms with E-state index in [4.69, 9.17) is 17.3 Å². The predicted octanol–water partition coefficient (Wildman–Crippen LogP) is 2.90. The lowest BCUT2D eigenvalue weighted by Gasteiger charge is -2.09. The first kappa shape index (κ1) is 11.6. The van der Waals surface area contributed by atoms with E-state index in [2.05, 4.69) is 15.3 Å². The predicted molar refractivity (Wildman–Crippen MR) is 65.9 cm³/mol. The first-order chi connectivity index (χ1) is 8.08. The second-order valence-corrected chi connectivity index (χ2v) is 3.89. The Kier molecular flexibility index (Phi) is 3.10. The molecule has 2 rings (SSSR count). The van der Waals surface area contributed by atoms with Gasteiger partial charge in [-0.3, -0.25) is 0 Å². The Balaban J connectivity index is 2.31. The van der Waals surface area contributed by atoms with Crippen molar-refractivity contribution in [3.8, 4) is 0 Å². The van der Waals surface area contributed by atoms with Gasteiger partial charge in [0.1, 0.15) is 23.8 Å². The van der Waals surface area contributed by atoms with Gasteiger partial charge >= 0.3 is 0 Å². The number of anilines is 3. The van der Waals surface area contributed by atoms with Gasteiger partial charge in [-0.15, -0.1) is 0 Å². The number of halogens is 2. The fraction of sp³-hybridized carbons (Fsp3) is 0.0909. The number of rotatable bonds is 2. The van der Waals surface area contributed by atoms with Crippen molar-refractivity contribution in [3.05, 3.63) is 40.9 Å². The third kappa shape index (κ3) is 2.45. The van der Waals surface area contributed by atoms with Crippen molar-refractivity contribution in [1.29, 1.82) is 0 Å². The monoisotopic (exact) mass is 252 g/mol. The molecule has 0 spiro atoms. The fourth-order valence-electron chi connectivity index (χ4n) is 1.30. The molecule has 0 radical (unpaired) electrons. The van der Waals surface area contributed by atoms with Crippen molar-refractivity contribution in [2.45, 2.75) is 6.92 Å². The molecule has 3 N–H and O–H groups in total. The van der Waals surface area contributed by atoms with Gasteiger partial charge in [0.15, 0.2) is 0 Å². The fourth-order valence-corrected chi connectivity index (χ4v) is 1.42. The van der Waals surface area contributed by atoms with E-state index < -0.39 is 5.82 Å². The molecule has 0 aliphatic carbocycles. The number of aromatic nitrogens is 2. The highest BCUT2D eigenvalue weighted by Gasteiger charge is 2.06. The summed E-state index contributed by atoms with van der Waals surface area (Å²) in [5, 5.41) is 3.03. The Morgan fingerprint density at radius 2 is 2.12 bits per heavy atom. The summed E-state index contributed by atoms with van der Waals surface area (Å²) in [4.78, 5) is 7.87. The van der Waals surface area contributed by atoms with E-state index >= 15 is 0 Å². The van der Waals surface area contributed by atoms with Gasteiger partial charge in [-0.25, -0.2) is 14.4 Å². The van der Waals surface area contributed by atoms with Crippen LogP contribution in [0.5, 0.6) is 0 Å². The normalized spacial score (nSPS) is 10.3. The van der Waals surface area contributed by atoms with E-state index in [1.165, 1.54) is 18.5 Å². The van der Waals surface area contributed by atoms with E-state index in [0.717, 1.165) is 0 Å². The first-order valence-corrected chi connectivity index (χ1v) is 5.25. The molecule has 4 nitrogen and oxygen atoms in total. The summed E-state index contributed by atoms with van der Waals surface area (Å²) in [6.45, 7) is 1.78. The molecule has 1 aromatic carbocycles. The SMILES string of the molecule is Cc1c(N)ncnc1Nc1ccc(Cl)c(F)c1. The van der Waals surface area contributed by atoms with E-state index in [-0.39, 0.29) is 5.02 Å². The van der Waals surface area contributed by atoms with Crippen LogP contribution in [0.1, 0.15) is 5.56 Å². The quantitative estimate of drug-likeness (QED) is 0.863. The summed E-state index contributed by atoms with van der Waals surface area (Å²) in [6.07, 6.45) is 1.34. The minimum Gasteiger partial charge on any atom is -0.383 e. The number of hydrogen-bond acceptors (Lipinski definition) is 4. The number of nitrogens with zero attached hydrogens (tertiary/aromatic N) is 2. The number of nitrogens with one attached hydrogen (secondary N) is 1. The zero-order valence-electron chi connectivity index (χ0n) is 9.04. The van der Waals surface area contributed by atoms with E-state index in [0.29, 0.717) is 22.9 Å². The van der Waals surface area contributed by atoms with Gasteiger partial charge in [0.2, 0.25) is 0 Å². The molecule has 17 heavy (non-hydrogen) atoms. The second kappa shape index (κ2) is 4.55. The zero-order valence-corrected chi connectivity index (χ0v) is 9.79. The summed E-state index contributed by atoms with van der Waals surface area (Å²) in [7, 11) is 0. The molecule has 2 aromatic rings. The number of nitrogens with two attached hydrogens (primary N) is 1. The van der Waals surface area contributed by atoms with Crippen molar-refractivity contribution in [1.82, 2.24) is 9.97 Å². The van der Waals surface area contributed by atoms with Crippen LogP contribution in [-0.4, -0.2) is 9.97 Å². The number of benzene rings is 1. The molecular formula is C11H10ClFN4. The lowest BCUT2D eigenvalue weighted by molar-refractivity contribution is 0.629. The molecule has 0 fully saturated rings. The molecule has 1 heterocycles. The Morgan fingerprint density at radius 1 is 1.35 bits per heavy atom. The van der Waals surface area contributed by atoms with Gasteiger partial charge in [-0.05, 0) is 25.1 Å². The zero-order chi connectivity index (χ0) is 12.4. The minimum atomic E-state index is -0.489. The van der Waals surface area contributed by atoms with E-state index in [1.54, 1.807) is 13.0 Å². The maximum atomic E-state index is 13.2. The minimum absolute atomic E-state index is 0.0782.